The molecule has 1 aromatic carbocycles. The quantitative estimate of drug-likeness (QED) is 0.399. The average Bonchev–Trinajstić information content (AvgIpc) is 2.26. The first kappa shape index (κ1) is 10.7. The van der Waals surface area contributed by atoms with Crippen LogP contribution in [0.2, 0.25) is 0 Å². The molecule has 0 unspecified atom stereocenters. The summed E-state index contributed by atoms with van der Waals surface area (Å²) in [5.41, 5.74) is 17.7. The molecule has 0 aliphatic carbocycles. The van der Waals surface area contributed by atoms with Crippen LogP contribution >= 0.6 is 0 Å². The third-order valence-electron chi connectivity index (χ3n) is 1.59. The molecule has 1 aromatic rings. The van der Waals surface area contributed by atoms with Crippen LogP contribution in [0.1, 0.15) is 5.56 Å². The summed E-state index contributed by atoms with van der Waals surface area (Å²) in [5, 5.41) is 6.83. The first-order chi connectivity index (χ1) is 7.36. The predicted octanol–water partition coefficient (Wildman–Crippen LogP) is 3.95. The van der Waals surface area contributed by atoms with Crippen molar-refractivity contribution in [1.82, 2.24) is 0 Å². The molecule has 0 aromatic heterocycles. The van der Waals surface area contributed by atoms with E-state index in [0.29, 0.717) is 12.2 Å². The highest BCUT2D eigenvalue weighted by molar-refractivity contribution is 5.55. The van der Waals surface area contributed by atoms with Gasteiger partial charge in [0.05, 0.1) is 0 Å². The standard InChI is InChI=1S/C9H8N6/c10-14-12-6-2-4-8-3-1-5-9(7-8)13-15-11/h1-5,7H,6H2. The van der Waals surface area contributed by atoms with Gasteiger partial charge in [0.1, 0.15) is 0 Å². The topological polar surface area (TPSA) is 97.5 Å². The van der Waals surface area contributed by atoms with Crippen LogP contribution in [0.5, 0.6) is 0 Å². The molecule has 0 bridgehead atoms. The third kappa shape index (κ3) is 3.87. The molecule has 15 heavy (non-hydrogen) atoms. The fourth-order valence-electron chi connectivity index (χ4n) is 1.01. The van der Waals surface area contributed by atoms with Crippen molar-refractivity contribution >= 4 is 11.8 Å². The Morgan fingerprint density at radius 1 is 1.27 bits per heavy atom. The fourth-order valence-corrected chi connectivity index (χ4v) is 1.01. The van der Waals surface area contributed by atoms with Crippen molar-refractivity contribution in [1.29, 1.82) is 0 Å². The van der Waals surface area contributed by atoms with Gasteiger partial charge in [0.2, 0.25) is 0 Å². The van der Waals surface area contributed by atoms with Gasteiger partial charge in [-0.1, -0.05) is 40.6 Å². The molecule has 0 saturated heterocycles. The lowest BCUT2D eigenvalue weighted by atomic mass is 10.2. The average molecular weight is 200 g/mol. The molecule has 0 amide bonds. The Bertz CT molecular complexity index is 451. The summed E-state index contributed by atoms with van der Waals surface area (Å²) in [7, 11) is 0. The van der Waals surface area contributed by atoms with Crippen molar-refractivity contribution < 1.29 is 0 Å². The Labute approximate surface area is 86.1 Å². The Morgan fingerprint density at radius 2 is 2.13 bits per heavy atom. The maximum absolute atomic E-state index is 8.24. The zero-order chi connectivity index (χ0) is 10.9. The smallest absolute Gasteiger partial charge is 0.0443 e. The number of hydrogen-bond acceptors (Lipinski definition) is 2. The normalized spacial score (nSPS) is 9.33. The van der Waals surface area contributed by atoms with E-state index in [4.69, 9.17) is 11.1 Å². The molecular formula is C9H8N6. The Balaban J connectivity index is 2.77. The van der Waals surface area contributed by atoms with Gasteiger partial charge in [-0.2, -0.15) is 0 Å². The van der Waals surface area contributed by atoms with E-state index in [1.807, 2.05) is 6.07 Å². The van der Waals surface area contributed by atoms with Crippen molar-refractivity contribution in [2.75, 3.05) is 6.54 Å². The molecule has 74 valence electrons. The third-order valence-corrected chi connectivity index (χ3v) is 1.59. The minimum atomic E-state index is 0.308. The minimum absolute atomic E-state index is 0.308. The molecule has 6 nitrogen and oxygen atoms in total. The monoisotopic (exact) mass is 200 g/mol. The van der Waals surface area contributed by atoms with E-state index in [1.54, 1.807) is 30.4 Å². The van der Waals surface area contributed by atoms with Crippen LogP contribution in [0.4, 0.5) is 5.69 Å². The van der Waals surface area contributed by atoms with E-state index in [2.05, 4.69) is 20.1 Å². The minimum Gasteiger partial charge on any atom is -0.0899 e. The Morgan fingerprint density at radius 3 is 2.87 bits per heavy atom. The first-order valence-electron chi connectivity index (χ1n) is 4.19. The molecule has 6 heteroatoms. The van der Waals surface area contributed by atoms with Gasteiger partial charge in [-0.3, -0.25) is 0 Å². The van der Waals surface area contributed by atoms with Gasteiger partial charge < -0.3 is 0 Å². The summed E-state index contributed by atoms with van der Waals surface area (Å²) in [6.07, 6.45) is 3.53. The van der Waals surface area contributed by atoms with Crippen molar-refractivity contribution in [3.63, 3.8) is 0 Å². The molecule has 0 atom stereocenters. The highest BCUT2D eigenvalue weighted by Gasteiger charge is 1.88. The maximum Gasteiger partial charge on any atom is 0.0443 e. The van der Waals surface area contributed by atoms with E-state index >= 15 is 0 Å². The van der Waals surface area contributed by atoms with Crippen LogP contribution in [0.3, 0.4) is 0 Å². The Hall–Kier alpha value is -2.42. The number of rotatable bonds is 4. The first-order valence-corrected chi connectivity index (χ1v) is 4.19. The van der Waals surface area contributed by atoms with E-state index < -0.39 is 0 Å². The van der Waals surface area contributed by atoms with Crippen LogP contribution in [0, 0.1) is 0 Å². The lowest BCUT2D eigenvalue weighted by molar-refractivity contribution is 1.22. The Kier molecular flexibility index (Phi) is 4.33. The van der Waals surface area contributed by atoms with E-state index in [9.17, 15) is 0 Å². The molecule has 0 heterocycles. The van der Waals surface area contributed by atoms with Crippen LogP contribution in [-0.4, -0.2) is 6.54 Å². The summed E-state index contributed by atoms with van der Waals surface area (Å²) in [6, 6.07) is 7.11. The summed E-state index contributed by atoms with van der Waals surface area (Å²) < 4.78 is 0. The summed E-state index contributed by atoms with van der Waals surface area (Å²) >= 11 is 0. The second-order valence-corrected chi connectivity index (χ2v) is 2.60. The summed E-state index contributed by atoms with van der Waals surface area (Å²) in [4.78, 5) is 5.31. The van der Waals surface area contributed by atoms with E-state index in [-0.39, 0.29) is 0 Å². The highest BCUT2D eigenvalue weighted by Crippen LogP contribution is 2.15. The zero-order valence-corrected chi connectivity index (χ0v) is 7.85. The van der Waals surface area contributed by atoms with Crippen molar-refractivity contribution in [2.45, 2.75) is 0 Å². The van der Waals surface area contributed by atoms with Crippen LogP contribution < -0.4 is 0 Å². The second-order valence-electron chi connectivity index (χ2n) is 2.60. The second kappa shape index (κ2) is 6.10. The summed E-state index contributed by atoms with van der Waals surface area (Å²) in [6.45, 7) is 0.308. The summed E-state index contributed by atoms with van der Waals surface area (Å²) in [5.74, 6) is 0. The molecule has 0 spiro atoms. The molecule has 0 saturated carbocycles. The number of hydrogen-bond donors (Lipinski definition) is 0. The lowest BCUT2D eigenvalue weighted by Crippen LogP contribution is -1.72. The number of nitrogens with zero attached hydrogens (tertiary/aromatic N) is 6. The molecule has 0 aliphatic rings. The van der Waals surface area contributed by atoms with Crippen molar-refractivity contribution in [3.8, 4) is 0 Å². The SMILES string of the molecule is [N-]=[N+]=NCC=Cc1cccc(N=[N+]=[N-])c1. The molecule has 0 N–H and O–H groups in total. The van der Waals surface area contributed by atoms with E-state index in [1.165, 1.54) is 0 Å². The molecule has 0 aliphatic heterocycles. The predicted molar refractivity (Wildman–Crippen MR) is 58.3 cm³/mol. The van der Waals surface area contributed by atoms with Gasteiger partial charge in [0.25, 0.3) is 0 Å². The molecule has 0 fully saturated rings. The van der Waals surface area contributed by atoms with Crippen LogP contribution in [0.15, 0.2) is 40.6 Å². The largest absolute Gasteiger partial charge is 0.0899 e. The molecular weight excluding hydrogens is 192 g/mol. The molecule has 0 radical (unpaired) electrons. The number of azide groups is 2. The fraction of sp³-hybridized carbons (Fsp3) is 0.111. The maximum atomic E-state index is 8.24. The van der Waals surface area contributed by atoms with Crippen molar-refractivity contribution in [2.24, 2.45) is 10.2 Å². The van der Waals surface area contributed by atoms with Gasteiger partial charge in [0.15, 0.2) is 0 Å². The van der Waals surface area contributed by atoms with Crippen LogP contribution in [-0.2, 0) is 0 Å². The van der Waals surface area contributed by atoms with Crippen molar-refractivity contribution in [3.05, 3.63) is 56.8 Å². The van der Waals surface area contributed by atoms with Gasteiger partial charge in [-0.25, -0.2) is 0 Å². The van der Waals surface area contributed by atoms with Crippen LogP contribution in [0.25, 0.3) is 27.0 Å². The number of benzene rings is 1. The zero-order valence-electron chi connectivity index (χ0n) is 7.85. The van der Waals surface area contributed by atoms with Gasteiger partial charge >= 0.3 is 0 Å². The van der Waals surface area contributed by atoms with E-state index in [0.717, 1.165) is 5.56 Å². The van der Waals surface area contributed by atoms with Gasteiger partial charge in [-0.05, 0) is 22.7 Å². The molecule has 1 rings (SSSR count). The highest BCUT2D eigenvalue weighted by atomic mass is 15.1. The lowest BCUT2D eigenvalue weighted by Gasteiger charge is -1.94. The van der Waals surface area contributed by atoms with Gasteiger partial charge in [-0.15, -0.1) is 0 Å². The van der Waals surface area contributed by atoms with Gasteiger partial charge in [0, 0.05) is 22.1 Å².